The molecule has 1 amide bonds. The third-order valence-corrected chi connectivity index (χ3v) is 6.10. The molecule has 1 saturated carbocycles. The first kappa shape index (κ1) is 20.7. The van der Waals surface area contributed by atoms with Crippen molar-refractivity contribution in [2.75, 3.05) is 26.4 Å². The van der Waals surface area contributed by atoms with Crippen molar-refractivity contribution in [2.24, 2.45) is 16.6 Å². The van der Waals surface area contributed by atoms with Gasteiger partial charge in [-0.15, -0.1) is 12.4 Å². The highest BCUT2D eigenvalue weighted by Crippen LogP contribution is 2.49. The van der Waals surface area contributed by atoms with Gasteiger partial charge >= 0.3 is 0 Å². The number of amides is 1. The van der Waals surface area contributed by atoms with Gasteiger partial charge in [-0.25, -0.2) is 0 Å². The summed E-state index contributed by atoms with van der Waals surface area (Å²) >= 11 is 0. The number of hydrogen-bond acceptors (Lipinski definition) is 4. The van der Waals surface area contributed by atoms with Crippen LogP contribution in [0.3, 0.4) is 0 Å². The van der Waals surface area contributed by atoms with Crippen LogP contribution in [0, 0.1) is 10.8 Å². The highest BCUT2D eigenvalue weighted by atomic mass is 35.5. The topological polar surface area (TPSA) is 73.6 Å². The summed E-state index contributed by atoms with van der Waals surface area (Å²) in [5.74, 6) is 0.115. The minimum absolute atomic E-state index is 0. The number of ether oxygens (including phenoxy) is 2. The van der Waals surface area contributed by atoms with Gasteiger partial charge in [-0.05, 0) is 39.0 Å². The Bertz CT molecular complexity index is 382. The van der Waals surface area contributed by atoms with E-state index < -0.39 is 5.41 Å². The van der Waals surface area contributed by atoms with Gasteiger partial charge in [0.25, 0.3) is 0 Å². The zero-order chi connectivity index (χ0) is 16.2. The molecule has 0 spiro atoms. The maximum absolute atomic E-state index is 12.9. The van der Waals surface area contributed by atoms with E-state index in [1.807, 2.05) is 6.92 Å². The lowest BCUT2D eigenvalue weighted by molar-refractivity contribution is -0.156. The second kappa shape index (κ2) is 8.65. The average Bonchev–Trinajstić information content (AvgIpc) is 2.55. The summed E-state index contributed by atoms with van der Waals surface area (Å²) < 4.78 is 11.3. The van der Waals surface area contributed by atoms with Gasteiger partial charge in [0, 0.05) is 37.8 Å². The fraction of sp³-hybridized carbons (Fsp3) is 0.941. The lowest BCUT2D eigenvalue weighted by atomic mass is 9.58. The highest BCUT2D eigenvalue weighted by molar-refractivity contribution is 5.85. The van der Waals surface area contributed by atoms with Gasteiger partial charge in [0.1, 0.15) is 0 Å². The number of halogens is 1. The molecule has 0 aromatic rings. The predicted molar refractivity (Wildman–Crippen MR) is 93.8 cm³/mol. The third kappa shape index (κ3) is 3.68. The molecule has 1 heterocycles. The van der Waals surface area contributed by atoms with E-state index in [-0.39, 0.29) is 35.9 Å². The zero-order valence-electron chi connectivity index (χ0n) is 14.7. The van der Waals surface area contributed by atoms with Gasteiger partial charge in [0.15, 0.2) is 0 Å². The van der Waals surface area contributed by atoms with Crippen LogP contribution in [0.25, 0.3) is 0 Å². The van der Waals surface area contributed by atoms with Gasteiger partial charge in [0.05, 0.1) is 11.5 Å². The predicted octanol–water partition coefficient (Wildman–Crippen LogP) is 2.26. The number of hydrogen-bond donors (Lipinski definition) is 2. The van der Waals surface area contributed by atoms with Gasteiger partial charge < -0.3 is 20.5 Å². The van der Waals surface area contributed by atoms with Crippen molar-refractivity contribution in [1.82, 2.24) is 5.32 Å². The van der Waals surface area contributed by atoms with Crippen molar-refractivity contribution in [2.45, 2.75) is 65.0 Å². The molecule has 1 aliphatic heterocycles. The molecule has 2 fully saturated rings. The van der Waals surface area contributed by atoms with Crippen LogP contribution in [0.15, 0.2) is 0 Å². The fourth-order valence-electron chi connectivity index (χ4n) is 4.18. The summed E-state index contributed by atoms with van der Waals surface area (Å²) in [6.07, 6.45) is 4.68. The molecule has 1 saturated heterocycles. The highest BCUT2D eigenvalue weighted by Gasteiger charge is 2.55. The van der Waals surface area contributed by atoms with Crippen molar-refractivity contribution in [1.29, 1.82) is 0 Å². The van der Waals surface area contributed by atoms with Crippen molar-refractivity contribution in [3.63, 3.8) is 0 Å². The molecule has 3 N–H and O–H groups in total. The summed E-state index contributed by atoms with van der Waals surface area (Å²) in [5.41, 5.74) is 5.57. The van der Waals surface area contributed by atoms with E-state index >= 15 is 0 Å². The fourth-order valence-corrected chi connectivity index (χ4v) is 4.18. The monoisotopic (exact) mass is 348 g/mol. The summed E-state index contributed by atoms with van der Waals surface area (Å²) in [5, 5.41) is 3.30. The smallest absolute Gasteiger partial charge is 0.227 e. The first-order valence-corrected chi connectivity index (χ1v) is 8.79. The molecule has 0 aromatic heterocycles. The molecule has 136 valence electrons. The summed E-state index contributed by atoms with van der Waals surface area (Å²) in [4.78, 5) is 12.9. The largest absolute Gasteiger partial charge is 0.381 e. The maximum atomic E-state index is 12.9. The van der Waals surface area contributed by atoms with Gasteiger partial charge in [-0.2, -0.15) is 0 Å². The van der Waals surface area contributed by atoms with Crippen LogP contribution in [0.2, 0.25) is 0 Å². The van der Waals surface area contributed by atoms with E-state index in [0.29, 0.717) is 19.8 Å². The van der Waals surface area contributed by atoms with Crippen LogP contribution in [-0.4, -0.2) is 44.4 Å². The van der Waals surface area contributed by atoms with Crippen LogP contribution in [0.1, 0.15) is 52.9 Å². The number of carbonyl (C=O) groups is 1. The Morgan fingerprint density at radius 1 is 1.26 bits per heavy atom. The van der Waals surface area contributed by atoms with Crippen LogP contribution in [0.5, 0.6) is 0 Å². The summed E-state index contributed by atoms with van der Waals surface area (Å²) in [7, 11) is 0. The maximum Gasteiger partial charge on any atom is 0.227 e. The van der Waals surface area contributed by atoms with E-state index in [4.69, 9.17) is 15.2 Å². The molecule has 2 atom stereocenters. The lowest BCUT2D eigenvalue weighted by Crippen LogP contribution is -2.66. The van der Waals surface area contributed by atoms with E-state index in [1.165, 1.54) is 0 Å². The first-order valence-electron chi connectivity index (χ1n) is 8.79. The second-order valence-electron chi connectivity index (χ2n) is 6.74. The molecular weight excluding hydrogens is 316 g/mol. The van der Waals surface area contributed by atoms with Crippen LogP contribution < -0.4 is 11.1 Å². The Morgan fingerprint density at radius 2 is 1.87 bits per heavy atom. The number of nitrogens with two attached hydrogens (primary N) is 1. The van der Waals surface area contributed by atoms with Crippen molar-refractivity contribution in [3.8, 4) is 0 Å². The molecule has 0 bridgehead atoms. The van der Waals surface area contributed by atoms with E-state index in [9.17, 15) is 4.79 Å². The summed E-state index contributed by atoms with van der Waals surface area (Å²) in [6, 6.07) is 0.206. The molecule has 0 radical (unpaired) electrons. The molecule has 2 unspecified atom stereocenters. The first-order chi connectivity index (χ1) is 10.6. The molecule has 2 rings (SSSR count). The molecular formula is C17H33ClN2O3. The van der Waals surface area contributed by atoms with E-state index in [1.54, 1.807) is 0 Å². The number of rotatable bonds is 7. The molecule has 0 aromatic carbocycles. The van der Waals surface area contributed by atoms with Gasteiger partial charge in [-0.1, -0.05) is 13.8 Å². The molecule has 6 heteroatoms. The standard InChI is InChI=1S/C17H32N2O3.ClH/c1-4-17(5-2)13(11-14(17)22-6-3)19-15(20)16(12-18)7-9-21-10-8-16;/h13-14H,4-12,18H2,1-3H3,(H,19,20);1H. The second-order valence-corrected chi connectivity index (χ2v) is 6.74. The molecule has 5 nitrogen and oxygen atoms in total. The molecule has 2 aliphatic rings. The van der Waals surface area contributed by atoms with Crippen LogP contribution in [-0.2, 0) is 14.3 Å². The Balaban J connectivity index is 0.00000264. The lowest BCUT2D eigenvalue weighted by Gasteiger charge is -2.56. The van der Waals surface area contributed by atoms with Crippen LogP contribution in [0.4, 0.5) is 0 Å². The Hall–Kier alpha value is -0.360. The number of nitrogens with one attached hydrogen (secondary N) is 1. The molecule has 23 heavy (non-hydrogen) atoms. The van der Waals surface area contributed by atoms with Crippen molar-refractivity contribution in [3.05, 3.63) is 0 Å². The summed E-state index contributed by atoms with van der Waals surface area (Å²) in [6.45, 7) is 8.81. The normalized spacial score (nSPS) is 28.3. The van der Waals surface area contributed by atoms with E-state index in [2.05, 4.69) is 19.2 Å². The number of carbonyl (C=O) groups excluding carboxylic acids is 1. The van der Waals surface area contributed by atoms with Crippen molar-refractivity contribution < 1.29 is 14.3 Å². The Morgan fingerprint density at radius 3 is 2.35 bits per heavy atom. The zero-order valence-corrected chi connectivity index (χ0v) is 15.5. The quantitative estimate of drug-likeness (QED) is 0.740. The van der Waals surface area contributed by atoms with Gasteiger partial charge in [-0.3, -0.25) is 4.79 Å². The Labute approximate surface area is 146 Å². The van der Waals surface area contributed by atoms with Gasteiger partial charge in [0.2, 0.25) is 5.91 Å². The minimum atomic E-state index is -0.442. The average molecular weight is 349 g/mol. The van der Waals surface area contributed by atoms with Crippen molar-refractivity contribution >= 4 is 18.3 Å². The van der Waals surface area contributed by atoms with E-state index in [0.717, 1.165) is 38.7 Å². The third-order valence-electron chi connectivity index (χ3n) is 6.10. The minimum Gasteiger partial charge on any atom is -0.381 e. The Kier molecular flexibility index (Phi) is 7.78. The SMILES string of the molecule is CCOC1CC(NC(=O)C2(CN)CCOCC2)C1(CC)CC.Cl. The van der Waals surface area contributed by atoms with Crippen LogP contribution >= 0.6 is 12.4 Å². The molecule has 1 aliphatic carbocycles.